The summed E-state index contributed by atoms with van der Waals surface area (Å²) >= 11 is 0. The monoisotopic (exact) mass is 250 g/mol. The molecule has 0 aliphatic rings. The number of hydrazine groups is 1. The number of rotatable bonds is 3. The van der Waals surface area contributed by atoms with Crippen molar-refractivity contribution in [2.45, 2.75) is 0 Å². The van der Waals surface area contributed by atoms with Crippen LogP contribution in [0.5, 0.6) is 5.75 Å². The van der Waals surface area contributed by atoms with Crippen molar-refractivity contribution in [3.8, 4) is 16.9 Å². The quantitative estimate of drug-likeness (QED) is 0.650. The van der Waals surface area contributed by atoms with Crippen molar-refractivity contribution in [1.82, 2.24) is 0 Å². The number of hydrogen-bond donors (Lipinski definition) is 2. The van der Waals surface area contributed by atoms with Gasteiger partial charge < -0.3 is 10.2 Å². The van der Waals surface area contributed by atoms with Crippen LogP contribution in [0.3, 0.4) is 0 Å². The lowest BCUT2D eigenvalue weighted by Gasteiger charge is -2.06. The molecule has 0 atom stereocenters. The Morgan fingerprint density at radius 3 is 2.29 bits per heavy atom. The third-order valence-corrected chi connectivity index (χ3v) is 2.43. The van der Waals surface area contributed by atoms with Gasteiger partial charge in [0, 0.05) is 5.69 Å². The molecule has 0 amide bonds. The Hall–Kier alpha value is -1.71. The first kappa shape index (κ1) is 13.4. The molecule has 0 spiro atoms. The average molecular weight is 251 g/mol. The molecule has 0 unspecified atom stereocenters. The van der Waals surface area contributed by atoms with Gasteiger partial charge in [-0.2, -0.15) is 0 Å². The highest BCUT2D eigenvalue weighted by atomic mass is 35.5. The molecule has 17 heavy (non-hydrogen) atoms. The van der Waals surface area contributed by atoms with Gasteiger partial charge in [0.15, 0.2) is 0 Å². The molecule has 0 bridgehead atoms. The smallest absolute Gasteiger partial charge is 0.119 e. The van der Waals surface area contributed by atoms with Crippen LogP contribution in [0, 0.1) is 0 Å². The van der Waals surface area contributed by atoms with Gasteiger partial charge in [-0.1, -0.05) is 24.3 Å². The van der Waals surface area contributed by atoms with Crippen molar-refractivity contribution in [1.29, 1.82) is 0 Å². The fourth-order valence-electron chi connectivity index (χ4n) is 1.59. The number of benzene rings is 2. The van der Waals surface area contributed by atoms with Crippen LogP contribution in [0.25, 0.3) is 11.1 Å². The van der Waals surface area contributed by atoms with Crippen LogP contribution < -0.4 is 16.0 Å². The van der Waals surface area contributed by atoms with E-state index >= 15 is 0 Å². The first-order valence-corrected chi connectivity index (χ1v) is 5.04. The number of ether oxygens (including phenoxy) is 1. The molecule has 4 heteroatoms. The van der Waals surface area contributed by atoms with Crippen molar-refractivity contribution in [2.24, 2.45) is 5.84 Å². The van der Waals surface area contributed by atoms with E-state index < -0.39 is 0 Å². The second kappa shape index (κ2) is 6.13. The summed E-state index contributed by atoms with van der Waals surface area (Å²) in [7, 11) is 1.66. The lowest BCUT2D eigenvalue weighted by atomic mass is 10.1. The van der Waals surface area contributed by atoms with Crippen LogP contribution in [-0.2, 0) is 0 Å². The fourth-order valence-corrected chi connectivity index (χ4v) is 1.59. The molecule has 0 saturated heterocycles. The SMILES string of the molecule is COc1cccc(-c2cccc(NN)c2)c1.Cl. The van der Waals surface area contributed by atoms with Gasteiger partial charge in [-0.25, -0.2) is 0 Å². The first-order chi connectivity index (χ1) is 7.83. The van der Waals surface area contributed by atoms with Crippen LogP contribution in [0.1, 0.15) is 0 Å². The van der Waals surface area contributed by atoms with Gasteiger partial charge in [-0.15, -0.1) is 12.4 Å². The predicted molar refractivity (Wildman–Crippen MR) is 73.5 cm³/mol. The Morgan fingerprint density at radius 1 is 1.00 bits per heavy atom. The number of nitrogen functional groups attached to an aromatic ring is 1. The molecule has 90 valence electrons. The summed E-state index contributed by atoms with van der Waals surface area (Å²) in [5, 5.41) is 0. The Morgan fingerprint density at radius 2 is 1.65 bits per heavy atom. The van der Waals surface area contributed by atoms with Crippen molar-refractivity contribution in [3.05, 3.63) is 48.5 Å². The van der Waals surface area contributed by atoms with Gasteiger partial charge in [-0.05, 0) is 35.4 Å². The van der Waals surface area contributed by atoms with E-state index in [-0.39, 0.29) is 12.4 Å². The summed E-state index contributed by atoms with van der Waals surface area (Å²) in [4.78, 5) is 0. The summed E-state index contributed by atoms with van der Waals surface area (Å²) in [5.74, 6) is 6.23. The summed E-state index contributed by atoms with van der Waals surface area (Å²) < 4.78 is 5.19. The molecule has 2 rings (SSSR count). The van der Waals surface area contributed by atoms with Gasteiger partial charge in [0.25, 0.3) is 0 Å². The molecular weight excluding hydrogens is 236 g/mol. The topological polar surface area (TPSA) is 47.3 Å². The molecule has 0 saturated carbocycles. The molecule has 0 aromatic heterocycles. The Kier molecular flexibility index (Phi) is 4.82. The van der Waals surface area contributed by atoms with E-state index in [0.29, 0.717) is 0 Å². The molecule has 0 aliphatic carbocycles. The van der Waals surface area contributed by atoms with E-state index in [2.05, 4.69) is 5.43 Å². The van der Waals surface area contributed by atoms with Gasteiger partial charge in [0.2, 0.25) is 0 Å². The van der Waals surface area contributed by atoms with Gasteiger partial charge in [0.05, 0.1) is 7.11 Å². The maximum atomic E-state index is 5.38. The normalized spacial score (nSPS) is 9.29. The summed E-state index contributed by atoms with van der Waals surface area (Å²) in [6, 6.07) is 15.8. The molecule has 3 N–H and O–H groups in total. The molecule has 0 fully saturated rings. The molecule has 0 radical (unpaired) electrons. The van der Waals surface area contributed by atoms with Crippen LogP contribution in [-0.4, -0.2) is 7.11 Å². The maximum absolute atomic E-state index is 5.38. The van der Waals surface area contributed by atoms with Crippen LogP contribution in [0.2, 0.25) is 0 Å². The highest BCUT2D eigenvalue weighted by Crippen LogP contribution is 2.25. The zero-order valence-corrected chi connectivity index (χ0v) is 10.3. The van der Waals surface area contributed by atoms with Crippen molar-refractivity contribution in [3.63, 3.8) is 0 Å². The molecule has 2 aromatic rings. The number of halogens is 1. The van der Waals surface area contributed by atoms with E-state index in [4.69, 9.17) is 10.6 Å². The van der Waals surface area contributed by atoms with Gasteiger partial charge in [-0.3, -0.25) is 5.84 Å². The highest BCUT2D eigenvalue weighted by molar-refractivity contribution is 5.85. The van der Waals surface area contributed by atoms with Crippen molar-refractivity contribution >= 4 is 18.1 Å². The lowest BCUT2D eigenvalue weighted by molar-refractivity contribution is 0.415. The maximum Gasteiger partial charge on any atom is 0.119 e. The minimum Gasteiger partial charge on any atom is -0.497 e. The largest absolute Gasteiger partial charge is 0.497 e. The lowest BCUT2D eigenvalue weighted by Crippen LogP contribution is -2.06. The third-order valence-electron chi connectivity index (χ3n) is 2.43. The molecule has 2 aromatic carbocycles. The fraction of sp³-hybridized carbons (Fsp3) is 0.0769. The van der Waals surface area contributed by atoms with Gasteiger partial charge >= 0.3 is 0 Å². The van der Waals surface area contributed by atoms with Crippen LogP contribution >= 0.6 is 12.4 Å². The van der Waals surface area contributed by atoms with E-state index in [1.807, 2.05) is 48.5 Å². The molecule has 0 aliphatic heterocycles. The number of hydrogen-bond acceptors (Lipinski definition) is 3. The molecule has 0 heterocycles. The van der Waals surface area contributed by atoms with Crippen molar-refractivity contribution < 1.29 is 4.74 Å². The first-order valence-electron chi connectivity index (χ1n) is 5.04. The molecular formula is C13H15ClN2O. The number of methoxy groups -OCH3 is 1. The minimum absolute atomic E-state index is 0. The number of anilines is 1. The Bertz CT molecular complexity index is 443. The van der Waals surface area contributed by atoms with E-state index in [1.54, 1.807) is 7.11 Å². The van der Waals surface area contributed by atoms with Crippen LogP contribution in [0.15, 0.2) is 48.5 Å². The second-order valence-corrected chi connectivity index (χ2v) is 3.46. The zero-order valence-electron chi connectivity index (χ0n) is 9.51. The number of nitrogens with one attached hydrogen (secondary N) is 1. The summed E-state index contributed by atoms with van der Waals surface area (Å²) in [6.07, 6.45) is 0. The highest BCUT2D eigenvalue weighted by Gasteiger charge is 2.00. The minimum atomic E-state index is 0. The average Bonchev–Trinajstić information content (AvgIpc) is 2.39. The Labute approximate surface area is 107 Å². The number of nitrogens with two attached hydrogens (primary N) is 1. The molecule has 3 nitrogen and oxygen atoms in total. The predicted octanol–water partition coefficient (Wildman–Crippen LogP) is 3.07. The van der Waals surface area contributed by atoms with E-state index in [0.717, 1.165) is 22.6 Å². The second-order valence-electron chi connectivity index (χ2n) is 3.46. The van der Waals surface area contributed by atoms with E-state index in [1.165, 1.54) is 0 Å². The third kappa shape index (κ3) is 3.12. The zero-order chi connectivity index (χ0) is 11.4. The summed E-state index contributed by atoms with van der Waals surface area (Å²) in [6.45, 7) is 0. The van der Waals surface area contributed by atoms with Crippen molar-refractivity contribution in [2.75, 3.05) is 12.5 Å². The standard InChI is InChI=1S/C13H14N2O.ClH/c1-16-13-7-3-5-11(9-13)10-4-2-6-12(8-10)15-14;/h2-9,15H,14H2,1H3;1H. The van der Waals surface area contributed by atoms with Crippen LogP contribution in [0.4, 0.5) is 5.69 Å². The summed E-state index contributed by atoms with van der Waals surface area (Å²) in [5.41, 5.74) is 5.74. The Balaban J connectivity index is 0.00000144. The van der Waals surface area contributed by atoms with E-state index in [9.17, 15) is 0 Å². The van der Waals surface area contributed by atoms with Gasteiger partial charge in [0.1, 0.15) is 5.75 Å².